The predicted octanol–water partition coefficient (Wildman–Crippen LogP) is 3.74. The average molecular weight is 366 g/mol. The van der Waals surface area contributed by atoms with E-state index in [2.05, 4.69) is 30.7 Å². The summed E-state index contributed by atoms with van der Waals surface area (Å²) in [6, 6.07) is 7.52. The largest absolute Gasteiger partial charge is 0.306 e. The Kier molecular flexibility index (Phi) is 4.75. The number of benzene rings is 1. The van der Waals surface area contributed by atoms with Gasteiger partial charge in [-0.3, -0.25) is 4.79 Å². The number of aromatic nitrogens is 3. The van der Waals surface area contributed by atoms with Crippen molar-refractivity contribution in [3.8, 4) is 0 Å². The minimum atomic E-state index is 0.110. The molecule has 1 aromatic heterocycles. The standard InChI is InChI=1S/C15H16BrN3OS/c16-12-7-4-3-6-11(12)13(20)10-21-15-18-17-14-8-2-1-5-9-19(14)15/h3-4,6-7H,1-2,5,8-10H2. The molecule has 0 bridgehead atoms. The Labute approximate surface area is 136 Å². The third-order valence-electron chi connectivity index (χ3n) is 3.58. The summed E-state index contributed by atoms with van der Waals surface area (Å²) in [5, 5.41) is 9.36. The molecule has 0 amide bonds. The van der Waals surface area contributed by atoms with Crippen LogP contribution in [0.15, 0.2) is 33.9 Å². The van der Waals surface area contributed by atoms with E-state index < -0.39 is 0 Å². The molecule has 0 saturated carbocycles. The van der Waals surface area contributed by atoms with Crippen LogP contribution in [0.3, 0.4) is 0 Å². The van der Waals surface area contributed by atoms with Crippen molar-refractivity contribution >= 4 is 33.5 Å². The van der Waals surface area contributed by atoms with E-state index in [-0.39, 0.29) is 5.78 Å². The van der Waals surface area contributed by atoms with Crippen LogP contribution in [0.4, 0.5) is 0 Å². The van der Waals surface area contributed by atoms with Crippen molar-refractivity contribution in [3.05, 3.63) is 40.1 Å². The van der Waals surface area contributed by atoms with E-state index in [4.69, 9.17) is 0 Å². The summed E-state index contributed by atoms with van der Waals surface area (Å²) < 4.78 is 3.01. The van der Waals surface area contributed by atoms with Crippen molar-refractivity contribution in [2.75, 3.05) is 5.75 Å². The Bertz CT molecular complexity index is 656. The summed E-state index contributed by atoms with van der Waals surface area (Å²) in [5.41, 5.74) is 0.723. The van der Waals surface area contributed by atoms with Crippen LogP contribution in [0.1, 0.15) is 35.4 Å². The Morgan fingerprint density at radius 2 is 2.10 bits per heavy atom. The molecule has 110 valence electrons. The quantitative estimate of drug-likeness (QED) is 0.611. The number of ketones is 1. The lowest BCUT2D eigenvalue weighted by atomic mass is 10.1. The minimum absolute atomic E-state index is 0.110. The van der Waals surface area contributed by atoms with Crippen LogP contribution in [0.25, 0.3) is 0 Å². The van der Waals surface area contributed by atoms with Crippen molar-refractivity contribution in [1.29, 1.82) is 0 Å². The van der Waals surface area contributed by atoms with E-state index in [1.807, 2.05) is 24.3 Å². The maximum Gasteiger partial charge on any atom is 0.191 e. The van der Waals surface area contributed by atoms with Gasteiger partial charge in [0, 0.05) is 23.0 Å². The van der Waals surface area contributed by atoms with Gasteiger partial charge in [0.15, 0.2) is 10.9 Å². The van der Waals surface area contributed by atoms with Gasteiger partial charge in [-0.05, 0) is 18.9 Å². The van der Waals surface area contributed by atoms with Gasteiger partial charge in [0.05, 0.1) is 5.75 Å². The first kappa shape index (κ1) is 14.8. The molecular formula is C15H16BrN3OS. The van der Waals surface area contributed by atoms with Gasteiger partial charge in [0.25, 0.3) is 0 Å². The van der Waals surface area contributed by atoms with Gasteiger partial charge in [0.1, 0.15) is 5.82 Å². The van der Waals surface area contributed by atoms with Crippen LogP contribution in [-0.4, -0.2) is 26.3 Å². The summed E-state index contributed by atoms with van der Waals surface area (Å²) in [7, 11) is 0. The smallest absolute Gasteiger partial charge is 0.191 e. The number of thioether (sulfide) groups is 1. The molecule has 1 aromatic carbocycles. The molecule has 0 fully saturated rings. The molecule has 0 atom stereocenters. The van der Waals surface area contributed by atoms with E-state index in [1.54, 1.807) is 0 Å². The lowest BCUT2D eigenvalue weighted by Gasteiger charge is -2.06. The van der Waals surface area contributed by atoms with Gasteiger partial charge in [-0.15, -0.1) is 10.2 Å². The zero-order valence-electron chi connectivity index (χ0n) is 11.6. The van der Waals surface area contributed by atoms with Crippen molar-refractivity contribution in [1.82, 2.24) is 14.8 Å². The predicted molar refractivity (Wildman–Crippen MR) is 86.8 cm³/mol. The second kappa shape index (κ2) is 6.75. The summed E-state index contributed by atoms with van der Waals surface area (Å²) in [4.78, 5) is 12.3. The molecule has 0 aliphatic carbocycles. The highest BCUT2D eigenvalue weighted by Gasteiger charge is 2.17. The SMILES string of the molecule is O=C(CSc1nnc2n1CCCCC2)c1ccccc1Br. The normalized spacial score (nSPS) is 14.5. The lowest BCUT2D eigenvalue weighted by Crippen LogP contribution is -2.06. The number of carbonyl (C=O) groups excluding carboxylic acids is 1. The number of hydrogen-bond acceptors (Lipinski definition) is 4. The highest BCUT2D eigenvalue weighted by atomic mass is 79.9. The Hall–Kier alpha value is -1.14. The number of nitrogens with zero attached hydrogens (tertiary/aromatic N) is 3. The molecule has 1 aliphatic heterocycles. The molecule has 1 aliphatic rings. The van der Waals surface area contributed by atoms with Crippen molar-refractivity contribution in [3.63, 3.8) is 0 Å². The molecule has 2 heterocycles. The molecule has 6 heteroatoms. The Morgan fingerprint density at radius 1 is 1.24 bits per heavy atom. The molecule has 0 saturated heterocycles. The van der Waals surface area contributed by atoms with Gasteiger partial charge in [-0.1, -0.05) is 52.3 Å². The van der Waals surface area contributed by atoms with E-state index >= 15 is 0 Å². The van der Waals surface area contributed by atoms with Crippen LogP contribution < -0.4 is 0 Å². The first-order valence-corrected chi connectivity index (χ1v) is 8.86. The Morgan fingerprint density at radius 3 is 2.95 bits per heavy atom. The fraction of sp³-hybridized carbons (Fsp3) is 0.400. The highest BCUT2D eigenvalue weighted by molar-refractivity contribution is 9.10. The van der Waals surface area contributed by atoms with Gasteiger partial charge in [-0.2, -0.15) is 0 Å². The number of aryl methyl sites for hydroxylation is 1. The van der Waals surface area contributed by atoms with Crippen molar-refractivity contribution < 1.29 is 4.79 Å². The molecular weight excluding hydrogens is 350 g/mol. The number of fused-ring (bicyclic) bond motifs is 1. The lowest BCUT2D eigenvalue weighted by molar-refractivity contribution is 0.102. The van der Waals surface area contributed by atoms with E-state index in [9.17, 15) is 4.79 Å². The van der Waals surface area contributed by atoms with Gasteiger partial charge >= 0.3 is 0 Å². The van der Waals surface area contributed by atoms with Crippen molar-refractivity contribution in [2.24, 2.45) is 0 Å². The van der Waals surface area contributed by atoms with Crippen LogP contribution in [0.2, 0.25) is 0 Å². The second-order valence-electron chi connectivity index (χ2n) is 5.05. The molecule has 0 unspecified atom stereocenters. The number of carbonyl (C=O) groups is 1. The first-order chi connectivity index (χ1) is 10.3. The zero-order valence-corrected chi connectivity index (χ0v) is 14.0. The van der Waals surface area contributed by atoms with Gasteiger partial charge < -0.3 is 4.57 Å². The fourth-order valence-corrected chi connectivity index (χ4v) is 3.83. The van der Waals surface area contributed by atoms with Crippen LogP contribution in [0, 0.1) is 0 Å². The van der Waals surface area contributed by atoms with E-state index in [1.165, 1.54) is 24.6 Å². The number of hydrogen-bond donors (Lipinski definition) is 0. The number of rotatable bonds is 4. The van der Waals surface area contributed by atoms with Crippen LogP contribution >= 0.6 is 27.7 Å². The average Bonchev–Trinajstić information content (AvgIpc) is 2.72. The third-order valence-corrected chi connectivity index (χ3v) is 5.24. The van der Waals surface area contributed by atoms with E-state index in [0.29, 0.717) is 5.75 Å². The highest BCUT2D eigenvalue weighted by Crippen LogP contribution is 2.24. The number of Topliss-reactive ketones (excluding diaryl/α,β-unsaturated/α-hetero) is 1. The molecule has 0 N–H and O–H groups in total. The topological polar surface area (TPSA) is 47.8 Å². The van der Waals surface area contributed by atoms with Crippen LogP contribution in [0.5, 0.6) is 0 Å². The molecule has 4 nitrogen and oxygen atoms in total. The van der Waals surface area contributed by atoms with E-state index in [0.717, 1.165) is 40.4 Å². The maximum absolute atomic E-state index is 12.3. The monoisotopic (exact) mass is 365 g/mol. The van der Waals surface area contributed by atoms with Crippen molar-refractivity contribution in [2.45, 2.75) is 37.4 Å². The fourth-order valence-electron chi connectivity index (χ4n) is 2.46. The maximum atomic E-state index is 12.3. The summed E-state index contributed by atoms with van der Waals surface area (Å²) in [6.07, 6.45) is 4.57. The summed E-state index contributed by atoms with van der Waals surface area (Å²) in [5.74, 6) is 1.56. The minimum Gasteiger partial charge on any atom is -0.306 e. The van der Waals surface area contributed by atoms with Gasteiger partial charge in [-0.25, -0.2) is 0 Å². The third kappa shape index (κ3) is 3.37. The molecule has 21 heavy (non-hydrogen) atoms. The molecule has 0 spiro atoms. The van der Waals surface area contributed by atoms with Gasteiger partial charge in [0.2, 0.25) is 0 Å². The molecule has 3 rings (SSSR count). The first-order valence-electron chi connectivity index (χ1n) is 7.08. The summed E-state index contributed by atoms with van der Waals surface area (Å²) >= 11 is 4.90. The number of halogens is 1. The van der Waals surface area contributed by atoms with Crippen LogP contribution in [-0.2, 0) is 13.0 Å². The molecule has 0 radical (unpaired) electrons. The zero-order chi connectivity index (χ0) is 14.7. The summed E-state index contributed by atoms with van der Waals surface area (Å²) in [6.45, 7) is 0.966. The molecule has 2 aromatic rings. The second-order valence-corrected chi connectivity index (χ2v) is 6.85. The Balaban J connectivity index is 1.70.